The number of fused-ring (bicyclic) bond motifs is 4. The minimum atomic E-state index is -6.16. The van der Waals surface area contributed by atoms with Gasteiger partial charge in [0.05, 0.1) is 6.10 Å². The van der Waals surface area contributed by atoms with Crippen LogP contribution in [0, 0.1) is 34.5 Å². The van der Waals surface area contributed by atoms with Crippen molar-refractivity contribution in [1.82, 2.24) is 0 Å². The molecule has 4 aliphatic carbocycles. The lowest BCUT2D eigenvalue weighted by atomic mass is 9.48. The molecule has 0 aromatic rings. The summed E-state index contributed by atoms with van der Waals surface area (Å²) in [7, 11) is 0. The van der Waals surface area contributed by atoms with Gasteiger partial charge in [0.25, 0.3) is 5.67 Å². The summed E-state index contributed by atoms with van der Waals surface area (Å²) < 4.78 is 100. The number of rotatable bonds is 5. The molecular weight excluding hydrogens is 489 g/mol. The highest BCUT2D eigenvalue weighted by Gasteiger charge is 2.71. The second-order valence-electron chi connectivity index (χ2n) is 12.3. The first-order chi connectivity index (χ1) is 16.8. The van der Waals surface area contributed by atoms with E-state index in [0.717, 1.165) is 49.7 Å². The molecule has 0 heterocycles. The van der Waals surface area contributed by atoms with Gasteiger partial charge >= 0.3 is 12.4 Å². The summed E-state index contributed by atoms with van der Waals surface area (Å²) in [5, 5.41) is 10.2. The lowest BCUT2D eigenvalue weighted by Gasteiger charge is -2.56. The van der Waals surface area contributed by atoms with Gasteiger partial charge in [-0.15, -0.1) is 0 Å². The minimum Gasteiger partial charge on any atom is -0.393 e. The summed E-state index contributed by atoms with van der Waals surface area (Å²) in [6, 6.07) is 0. The van der Waals surface area contributed by atoms with Crippen molar-refractivity contribution in [3.05, 3.63) is 11.1 Å². The van der Waals surface area contributed by atoms with Crippen molar-refractivity contribution in [1.29, 1.82) is 0 Å². The number of alkyl halides is 7. The maximum Gasteiger partial charge on any atom is 0.431 e. The van der Waals surface area contributed by atoms with E-state index in [4.69, 9.17) is 1.37 Å². The van der Waals surface area contributed by atoms with Crippen LogP contribution < -0.4 is 0 Å². The van der Waals surface area contributed by atoms with Crippen LogP contribution in [-0.2, 0) is 4.79 Å². The Kier molecular flexibility index (Phi) is 6.60. The Morgan fingerprint density at radius 2 is 1.69 bits per heavy atom. The van der Waals surface area contributed by atoms with Crippen LogP contribution in [0.2, 0.25) is 0 Å². The van der Waals surface area contributed by atoms with Crippen LogP contribution >= 0.6 is 0 Å². The number of aliphatic hydroxyl groups excluding tert-OH is 1. The zero-order chi connectivity index (χ0) is 27.8. The van der Waals surface area contributed by atoms with Crippen molar-refractivity contribution in [3.63, 3.8) is 0 Å². The molecule has 0 radical (unpaired) electrons. The SMILES string of the molecule is [2H][C@H](C[C@@H](C)[C@H]1CC(=O)C2=C3CC[C@H]4C[C@@H](O)CC[C@]4(C)[C@H]3CC[C@@]21C)CC(F)(C(F)(F)F)C(F)(F)F. The second kappa shape index (κ2) is 8.98. The summed E-state index contributed by atoms with van der Waals surface area (Å²) in [5.41, 5.74) is -4.05. The van der Waals surface area contributed by atoms with Crippen LogP contribution in [-0.4, -0.2) is 35.0 Å². The van der Waals surface area contributed by atoms with Gasteiger partial charge in [-0.1, -0.05) is 32.8 Å². The van der Waals surface area contributed by atoms with Gasteiger partial charge in [-0.3, -0.25) is 4.79 Å². The quantitative estimate of drug-likeness (QED) is 0.369. The van der Waals surface area contributed by atoms with E-state index in [1.54, 1.807) is 6.92 Å². The fourth-order valence-electron chi connectivity index (χ4n) is 8.27. The van der Waals surface area contributed by atoms with E-state index in [1.807, 2.05) is 6.92 Å². The lowest BCUT2D eigenvalue weighted by molar-refractivity contribution is -0.343. The minimum absolute atomic E-state index is 0.00293. The van der Waals surface area contributed by atoms with Gasteiger partial charge in [-0.2, -0.15) is 26.3 Å². The van der Waals surface area contributed by atoms with Gasteiger partial charge in [-0.05, 0) is 92.3 Å². The summed E-state index contributed by atoms with van der Waals surface area (Å²) in [6.45, 7) is 5.89. The number of ketones is 1. The number of aliphatic hydroxyl groups is 1. The summed E-state index contributed by atoms with van der Waals surface area (Å²) >= 11 is 0. The molecule has 1 N–H and O–H groups in total. The summed E-state index contributed by atoms with van der Waals surface area (Å²) in [4.78, 5) is 13.4. The molecule has 0 amide bonds. The highest BCUT2D eigenvalue weighted by Crippen LogP contribution is 2.65. The number of hydrogen-bond donors (Lipinski definition) is 1. The van der Waals surface area contributed by atoms with Gasteiger partial charge in [-0.25, -0.2) is 4.39 Å². The normalized spacial score (nSPS) is 39.8. The highest BCUT2D eigenvalue weighted by molar-refractivity contribution is 6.00. The van der Waals surface area contributed by atoms with Gasteiger partial charge in [0.2, 0.25) is 0 Å². The Morgan fingerprint density at radius 3 is 2.31 bits per heavy atom. The van der Waals surface area contributed by atoms with Gasteiger partial charge in [0.15, 0.2) is 5.78 Å². The molecule has 4 rings (SSSR count). The van der Waals surface area contributed by atoms with Crippen molar-refractivity contribution >= 4 is 5.78 Å². The number of halogens is 7. The molecule has 36 heavy (non-hydrogen) atoms. The Morgan fingerprint density at radius 1 is 1.06 bits per heavy atom. The van der Waals surface area contributed by atoms with E-state index >= 15 is 0 Å². The van der Waals surface area contributed by atoms with Crippen molar-refractivity contribution in [2.75, 3.05) is 0 Å². The predicted molar refractivity (Wildman–Crippen MR) is 121 cm³/mol. The molecule has 3 saturated carbocycles. The van der Waals surface area contributed by atoms with E-state index in [1.165, 1.54) is 0 Å². The van der Waals surface area contributed by atoms with E-state index < -0.39 is 42.2 Å². The summed E-state index contributed by atoms with van der Waals surface area (Å²) in [5.74, 6) is -0.235. The number of carbonyl (C=O) groups is 1. The number of carbonyl (C=O) groups excluding carboxylic acids is 1. The molecule has 0 bridgehead atoms. The van der Waals surface area contributed by atoms with Crippen molar-refractivity contribution in [2.45, 2.75) is 116 Å². The molecule has 0 aliphatic heterocycles. The van der Waals surface area contributed by atoms with Crippen LogP contribution in [0.1, 0.15) is 92.7 Å². The standard InChI is InChI=1S/C27H37F7O2/c1-15(5-4-10-25(28,26(29,30)31)27(32,33)34)20-14-21(36)22-18-7-6-16-13-17(35)8-11-23(16,2)19(18)9-12-24(20,22)3/h15-17,19-20,35H,4-14H2,1-3H3/t15-,16+,17+,19+,20-,23+,24-/m1/s1/i4D/t4-,15-,16+,17+,19+,20-,23+,24-. The fourth-order valence-corrected chi connectivity index (χ4v) is 8.27. The molecule has 2 nitrogen and oxygen atoms in total. The van der Waals surface area contributed by atoms with Crippen molar-refractivity contribution in [2.24, 2.45) is 34.5 Å². The topological polar surface area (TPSA) is 37.3 Å². The number of hydrogen-bond acceptors (Lipinski definition) is 2. The average Bonchev–Trinajstić information content (AvgIpc) is 3.03. The zero-order valence-electron chi connectivity index (χ0n) is 22.0. The highest BCUT2D eigenvalue weighted by atomic mass is 19.4. The van der Waals surface area contributed by atoms with Gasteiger partial charge in [0, 0.05) is 13.4 Å². The first-order valence-corrected chi connectivity index (χ1v) is 13.0. The van der Waals surface area contributed by atoms with Crippen molar-refractivity contribution < 1.29 is 42.0 Å². The van der Waals surface area contributed by atoms with Gasteiger partial charge < -0.3 is 5.11 Å². The van der Waals surface area contributed by atoms with E-state index in [0.29, 0.717) is 12.3 Å². The molecule has 206 valence electrons. The van der Waals surface area contributed by atoms with Crippen LogP contribution in [0.4, 0.5) is 30.7 Å². The Hall–Kier alpha value is -1.12. The summed E-state index contributed by atoms with van der Waals surface area (Å²) in [6.07, 6.45) is -11.2. The van der Waals surface area contributed by atoms with E-state index in [2.05, 4.69) is 6.92 Å². The third-order valence-electron chi connectivity index (χ3n) is 10.4. The molecule has 0 saturated heterocycles. The second-order valence-corrected chi connectivity index (χ2v) is 12.3. The maximum absolute atomic E-state index is 14.2. The first kappa shape index (κ1) is 26.5. The van der Waals surface area contributed by atoms with E-state index in [-0.39, 0.29) is 42.0 Å². The Bertz CT molecular complexity index is 930. The molecule has 0 unspecified atom stereocenters. The fraction of sp³-hybridized carbons (Fsp3) is 0.889. The predicted octanol–water partition coefficient (Wildman–Crippen LogP) is 7.89. The number of allylic oxidation sites excluding steroid dienone is 2. The molecule has 0 aromatic heterocycles. The van der Waals surface area contributed by atoms with Crippen LogP contribution in [0.25, 0.3) is 0 Å². The van der Waals surface area contributed by atoms with Crippen LogP contribution in [0.15, 0.2) is 11.1 Å². The molecule has 4 aliphatic rings. The molecule has 9 heteroatoms. The average molecular weight is 528 g/mol. The molecule has 8 atom stereocenters. The zero-order valence-corrected chi connectivity index (χ0v) is 21.0. The van der Waals surface area contributed by atoms with Crippen LogP contribution in [0.3, 0.4) is 0 Å². The molecule has 0 aromatic carbocycles. The third kappa shape index (κ3) is 4.23. The molecular formula is C27H37F7O2. The first-order valence-electron chi connectivity index (χ1n) is 13.6. The smallest absolute Gasteiger partial charge is 0.393 e. The maximum atomic E-state index is 14.2. The third-order valence-corrected chi connectivity index (χ3v) is 10.4. The lowest BCUT2D eigenvalue weighted by Crippen LogP contribution is -2.53. The van der Waals surface area contributed by atoms with Crippen molar-refractivity contribution in [3.8, 4) is 0 Å². The molecule has 0 spiro atoms. The monoisotopic (exact) mass is 527 g/mol. The Balaban J connectivity index is 1.55. The van der Waals surface area contributed by atoms with Crippen LogP contribution in [0.5, 0.6) is 0 Å². The number of Topliss-reactive ketones (excluding diaryl/α,β-unsaturated/α-hetero) is 1. The van der Waals surface area contributed by atoms with E-state index in [9.17, 15) is 40.6 Å². The van der Waals surface area contributed by atoms with Gasteiger partial charge in [0.1, 0.15) is 0 Å². The molecule has 3 fully saturated rings. The largest absolute Gasteiger partial charge is 0.431 e. The Labute approximate surface area is 209 Å².